The third kappa shape index (κ3) is 9.75. The number of benzene rings is 2. The van der Waals surface area contributed by atoms with Gasteiger partial charge < -0.3 is 42.6 Å². The number of phenols is 1. The summed E-state index contributed by atoms with van der Waals surface area (Å²) in [7, 11) is 0. The van der Waals surface area contributed by atoms with Crippen LogP contribution in [0.25, 0.3) is 0 Å². The van der Waals surface area contributed by atoms with E-state index in [1.165, 1.54) is 24.7 Å². The number of amides is 4. The fourth-order valence-corrected chi connectivity index (χ4v) is 4.09. The lowest BCUT2D eigenvalue weighted by Crippen LogP contribution is -2.58. The first kappa shape index (κ1) is 31.3. The SMILES string of the molecule is NC(=O)CC(N)C(=O)NC(Cc1ccc(O)cc1)C(=O)NC(Cc1ccccc1)C(=O)NC(Cc1cnc[nH]1)C(=O)O. The molecule has 10 N–H and O–H groups in total. The summed E-state index contributed by atoms with van der Waals surface area (Å²) in [4.78, 5) is 69.5. The lowest BCUT2D eigenvalue weighted by atomic mass is 10.0. The van der Waals surface area contributed by atoms with Crippen molar-refractivity contribution in [2.75, 3.05) is 0 Å². The van der Waals surface area contributed by atoms with Gasteiger partial charge in [-0.25, -0.2) is 9.78 Å². The highest BCUT2D eigenvalue weighted by molar-refractivity contribution is 5.95. The lowest BCUT2D eigenvalue weighted by Gasteiger charge is -2.25. The summed E-state index contributed by atoms with van der Waals surface area (Å²) in [5.74, 6) is -4.45. The topological polar surface area (TPSA) is 243 Å². The molecule has 0 aliphatic carbocycles. The van der Waals surface area contributed by atoms with E-state index >= 15 is 0 Å². The van der Waals surface area contributed by atoms with Gasteiger partial charge in [0.25, 0.3) is 0 Å². The minimum Gasteiger partial charge on any atom is -0.508 e. The average Bonchev–Trinajstić information content (AvgIpc) is 3.46. The summed E-state index contributed by atoms with van der Waals surface area (Å²) in [5, 5.41) is 26.9. The number of imidazole rings is 1. The largest absolute Gasteiger partial charge is 0.508 e. The van der Waals surface area contributed by atoms with E-state index in [-0.39, 0.29) is 25.0 Å². The molecule has 0 spiro atoms. The molecule has 0 aliphatic rings. The standard InChI is InChI=1S/C28H33N7O7/c29-20(13-24(30)37)25(38)33-21(11-17-6-8-19(36)9-7-17)26(39)34-22(10-16-4-2-1-3-5-16)27(40)35-23(28(41)42)12-18-14-31-15-32-18/h1-9,14-15,20-23,36H,10-13,29H2,(H2,30,37)(H,31,32)(H,33,38)(H,34,39)(H,35,40)(H,41,42). The summed E-state index contributed by atoms with van der Waals surface area (Å²) in [6.07, 6.45) is 2.24. The second-order valence-electron chi connectivity index (χ2n) is 9.64. The maximum Gasteiger partial charge on any atom is 0.326 e. The number of nitrogens with two attached hydrogens (primary N) is 2. The van der Waals surface area contributed by atoms with Crippen LogP contribution in [0.2, 0.25) is 0 Å². The number of aliphatic carboxylic acids is 1. The molecule has 0 fully saturated rings. The van der Waals surface area contributed by atoms with Crippen LogP contribution in [0.1, 0.15) is 23.2 Å². The number of nitrogens with zero attached hydrogens (tertiary/aromatic N) is 1. The number of nitrogens with one attached hydrogen (secondary N) is 4. The molecule has 42 heavy (non-hydrogen) atoms. The predicted molar refractivity (Wildman–Crippen MR) is 149 cm³/mol. The molecule has 1 heterocycles. The van der Waals surface area contributed by atoms with Crippen molar-refractivity contribution in [1.29, 1.82) is 0 Å². The average molecular weight is 580 g/mol. The van der Waals surface area contributed by atoms with E-state index in [9.17, 15) is 34.2 Å². The van der Waals surface area contributed by atoms with Crippen LogP contribution in [0.3, 0.4) is 0 Å². The first-order chi connectivity index (χ1) is 20.0. The molecule has 0 saturated carbocycles. The molecular formula is C28H33N7O7. The Bertz CT molecular complexity index is 1370. The van der Waals surface area contributed by atoms with Crippen molar-refractivity contribution < 1.29 is 34.2 Å². The normalized spacial score (nSPS) is 13.6. The highest BCUT2D eigenvalue weighted by Crippen LogP contribution is 2.13. The molecule has 14 nitrogen and oxygen atoms in total. The number of carboxylic acids is 1. The van der Waals surface area contributed by atoms with Gasteiger partial charge in [-0.2, -0.15) is 0 Å². The molecule has 2 aromatic carbocycles. The number of hydrogen-bond donors (Lipinski definition) is 8. The van der Waals surface area contributed by atoms with E-state index in [4.69, 9.17) is 11.5 Å². The minimum absolute atomic E-state index is 0.00465. The molecule has 222 valence electrons. The summed E-state index contributed by atoms with van der Waals surface area (Å²) in [6, 6.07) is 9.52. The van der Waals surface area contributed by atoms with Crippen molar-refractivity contribution in [3.63, 3.8) is 0 Å². The quantitative estimate of drug-likeness (QED) is 0.109. The van der Waals surface area contributed by atoms with Crippen molar-refractivity contribution in [3.8, 4) is 5.75 Å². The van der Waals surface area contributed by atoms with E-state index in [1.54, 1.807) is 42.5 Å². The fourth-order valence-electron chi connectivity index (χ4n) is 4.09. The number of primary amides is 1. The number of carbonyl (C=O) groups excluding carboxylic acids is 4. The number of hydrogen-bond acceptors (Lipinski definition) is 8. The Kier molecular flexibility index (Phi) is 11.1. The Morgan fingerprint density at radius 3 is 1.86 bits per heavy atom. The second-order valence-corrected chi connectivity index (χ2v) is 9.64. The molecule has 0 saturated heterocycles. The van der Waals surface area contributed by atoms with Gasteiger partial charge in [0.2, 0.25) is 23.6 Å². The van der Waals surface area contributed by atoms with Gasteiger partial charge in [0, 0.05) is 31.2 Å². The van der Waals surface area contributed by atoms with Crippen LogP contribution in [0.15, 0.2) is 67.1 Å². The van der Waals surface area contributed by atoms with Gasteiger partial charge in [-0.3, -0.25) is 19.2 Å². The molecule has 4 unspecified atom stereocenters. The van der Waals surface area contributed by atoms with Crippen LogP contribution < -0.4 is 27.4 Å². The zero-order valence-corrected chi connectivity index (χ0v) is 22.5. The van der Waals surface area contributed by atoms with E-state index in [1.807, 2.05) is 0 Å². The molecule has 4 atom stereocenters. The van der Waals surface area contributed by atoms with Crippen molar-refractivity contribution in [3.05, 3.63) is 83.9 Å². The van der Waals surface area contributed by atoms with Gasteiger partial charge in [0.15, 0.2) is 0 Å². The Hall–Kier alpha value is -5.24. The van der Waals surface area contributed by atoms with Crippen LogP contribution in [0, 0.1) is 0 Å². The Balaban J connectivity index is 1.84. The van der Waals surface area contributed by atoms with Crippen LogP contribution in [0.4, 0.5) is 0 Å². The van der Waals surface area contributed by atoms with Crippen molar-refractivity contribution in [1.82, 2.24) is 25.9 Å². The first-order valence-corrected chi connectivity index (χ1v) is 13.0. The van der Waals surface area contributed by atoms with E-state index < -0.39 is 60.2 Å². The third-order valence-electron chi connectivity index (χ3n) is 6.28. The number of carbonyl (C=O) groups is 5. The van der Waals surface area contributed by atoms with Crippen molar-refractivity contribution in [2.24, 2.45) is 11.5 Å². The predicted octanol–water partition coefficient (Wildman–Crippen LogP) is -1.12. The Morgan fingerprint density at radius 1 is 0.786 bits per heavy atom. The molecule has 3 rings (SSSR count). The number of phenolic OH excluding ortho intramolecular Hbond substituents is 1. The van der Waals surface area contributed by atoms with E-state index in [0.29, 0.717) is 16.8 Å². The van der Waals surface area contributed by atoms with E-state index in [0.717, 1.165) is 0 Å². The molecule has 3 aromatic rings. The maximum atomic E-state index is 13.6. The molecule has 0 radical (unpaired) electrons. The second kappa shape index (κ2) is 14.9. The molecule has 14 heteroatoms. The van der Waals surface area contributed by atoms with Gasteiger partial charge in [0.05, 0.1) is 18.8 Å². The summed E-state index contributed by atoms with van der Waals surface area (Å²) in [6.45, 7) is 0. The molecule has 4 amide bonds. The Morgan fingerprint density at radius 2 is 1.33 bits per heavy atom. The molecule has 1 aromatic heterocycles. The molecule has 0 bridgehead atoms. The van der Waals surface area contributed by atoms with Gasteiger partial charge in [-0.1, -0.05) is 42.5 Å². The first-order valence-electron chi connectivity index (χ1n) is 13.0. The fraction of sp³-hybridized carbons (Fsp3) is 0.286. The number of H-pyrrole nitrogens is 1. The number of carboxylic acid groups (broad SMARTS) is 1. The molecular weight excluding hydrogens is 546 g/mol. The monoisotopic (exact) mass is 579 g/mol. The van der Waals surface area contributed by atoms with Gasteiger partial charge >= 0.3 is 5.97 Å². The van der Waals surface area contributed by atoms with Gasteiger partial charge in [0.1, 0.15) is 23.9 Å². The van der Waals surface area contributed by atoms with E-state index in [2.05, 4.69) is 25.9 Å². The zero-order valence-electron chi connectivity index (χ0n) is 22.5. The summed E-state index contributed by atoms with van der Waals surface area (Å²) >= 11 is 0. The summed E-state index contributed by atoms with van der Waals surface area (Å²) < 4.78 is 0. The molecule has 0 aliphatic heterocycles. The maximum absolute atomic E-state index is 13.6. The Labute approximate surface area is 240 Å². The lowest BCUT2D eigenvalue weighted by molar-refractivity contribution is -0.142. The summed E-state index contributed by atoms with van der Waals surface area (Å²) in [5.41, 5.74) is 12.6. The highest BCUT2D eigenvalue weighted by atomic mass is 16.4. The van der Waals surface area contributed by atoms with Gasteiger partial charge in [-0.05, 0) is 23.3 Å². The van der Waals surface area contributed by atoms with Crippen molar-refractivity contribution >= 4 is 29.6 Å². The smallest absolute Gasteiger partial charge is 0.326 e. The number of aromatic nitrogens is 2. The van der Waals surface area contributed by atoms with Crippen molar-refractivity contribution in [2.45, 2.75) is 49.9 Å². The van der Waals surface area contributed by atoms with Crippen LogP contribution in [-0.2, 0) is 43.2 Å². The zero-order chi connectivity index (χ0) is 30.6. The van der Waals surface area contributed by atoms with Crippen LogP contribution in [0.5, 0.6) is 5.75 Å². The highest BCUT2D eigenvalue weighted by Gasteiger charge is 2.31. The number of rotatable bonds is 15. The minimum atomic E-state index is -1.33. The number of aromatic hydroxyl groups is 1. The number of aromatic amines is 1. The third-order valence-corrected chi connectivity index (χ3v) is 6.28. The van der Waals surface area contributed by atoms with Crippen LogP contribution >= 0.6 is 0 Å². The van der Waals surface area contributed by atoms with Gasteiger partial charge in [-0.15, -0.1) is 0 Å². The van der Waals surface area contributed by atoms with Crippen LogP contribution in [-0.4, -0.2) is 73.9 Å².